The first kappa shape index (κ1) is 5.02. The van der Waals surface area contributed by atoms with Crippen LogP contribution in [-0.2, 0) is 0 Å². The van der Waals surface area contributed by atoms with Crippen LogP contribution in [0.5, 0.6) is 0 Å². The first-order valence-corrected chi connectivity index (χ1v) is 1.70. The van der Waals surface area contributed by atoms with Crippen molar-refractivity contribution in [2.75, 3.05) is 7.05 Å². The van der Waals surface area contributed by atoms with Crippen molar-refractivity contribution in [1.82, 2.24) is 5.32 Å². The van der Waals surface area contributed by atoms with Gasteiger partial charge in [0.1, 0.15) is 0 Å². The van der Waals surface area contributed by atoms with Crippen molar-refractivity contribution in [3.63, 3.8) is 0 Å². The van der Waals surface area contributed by atoms with E-state index in [1.54, 1.807) is 0 Å². The zero-order valence-corrected chi connectivity index (χ0v) is 3.65. The lowest BCUT2D eigenvalue weighted by Crippen LogP contribution is -2.20. The summed E-state index contributed by atoms with van der Waals surface area (Å²) in [6.07, 6.45) is 0. The molecule has 0 aliphatic heterocycles. The van der Waals surface area contributed by atoms with E-state index in [9.17, 15) is 0 Å². The van der Waals surface area contributed by atoms with E-state index in [0.717, 1.165) is 0 Å². The van der Waals surface area contributed by atoms with Crippen molar-refractivity contribution >= 4 is 7.85 Å². The van der Waals surface area contributed by atoms with Gasteiger partial charge in [0, 0.05) is 0 Å². The Balaban J connectivity index is 2.54. The van der Waals surface area contributed by atoms with Crippen LogP contribution in [0, 0.1) is 0 Å². The lowest BCUT2D eigenvalue weighted by Gasteiger charge is -1.95. The summed E-state index contributed by atoms with van der Waals surface area (Å²) in [4.78, 5) is 0. The highest BCUT2D eigenvalue weighted by Crippen LogP contribution is 1.58. The molecule has 0 aliphatic rings. The second kappa shape index (κ2) is 2.27. The predicted octanol–water partition coefficient (Wildman–Crippen LogP) is -0.280. The van der Waals surface area contributed by atoms with Gasteiger partial charge < -0.3 is 5.32 Å². The van der Waals surface area contributed by atoms with E-state index in [2.05, 4.69) is 5.32 Å². The van der Waals surface area contributed by atoms with E-state index in [-0.39, 0.29) is 5.94 Å². The highest BCUT2D eigenvalue weighted by Gasteiger charge is 1.77. The molecule has 0 amide bonds. The van der Waals surface area contributed by atoms with Gasteiger partial charge in [0.25, 0.3) is 0 Å². The molecule has 0 fully saturated rings. The fourth-order valence-corrected chi connectivity index (χ4v) is 0. The van der Waals surface area contributed by atoms with Crippen molar-refractivity contribution < 1.29 is 0 Å². The van der Waals surface area contributed by atoms with Crippen LogP contribution in [-0.4, -0.2) is 20.8 Å². The average molecular weight is 68.9 g/mol. The van der Waals surface area contributed by atoms with Gasteiger partial charge in [-0.1, -0.05) is 6.92 Å². The highest BCUT2D eigenvalue weighted by molar-refractivity contribution is 6.11. The summed E-state index contributed by atoms with van der Waals surface area (Å²) in [7, 11) is 7.00. The second-order valence-corrected chi connectivity index (χ2v) is 1.08. The molecule has 0 aromatic carbocycles. The molecule has 0 aromatic heterocycles. The Hall–Kier alpha value is 0.0249. The Labute approximate surface area is 34.2 Å². The summed E-state index contributed by atoms with van der Waals surface area (Å²) in [5, 5.41) is 2.81. The molecule has 1 atom stereocenters. The largest absolute Gasteiger partial charge is 0.326 e. The van der Waals surface area contributed by atoms with E-state index in [1.165, 1.54) is 0 Å². The maximum atomic E-state index is 5.18. The van der Waals surface area contributed by atoms with Crippen LogP contribution in [0.15, 0.2) is 0 Å². The fourth-order valence-electron chi connectivity index (χ4n) is 0. The predicted molar refractivity (Wildman–Crippen MR) is 24.3 cm³/mol. The summed E-state index contributed by atoms with van der Waals surface area (Å²) in [5.74, 6) is 0.134. The number of rotatable bonds is 1. The lowest BCUT2D eigenvalue weighted by molar-refractivity contribution is 0.794. The fraction of sp³-hybridized carbons (Fsp3) is 1.00. The van der Waals surface area contributed by atoms with Crippen molar-refractivity contribution in [2.45, 2.75) is 12.9 Å². The van der Waals surface area contributed by atoms with Crippen LogP contribution in [0.25, 0.3) is 0 Å². The maximum absolute atomic E-state index is 5.18. The SMILES string of the molecule is [B][C@H](C)NC. The molecule has 1 N–H and O–H groups in total. The summed E-state index contributed by atoms with van der Waals surface area (Å²) < 4.78 is 0. The van der Waals surface area contributed by atoms with E-state index < -0.39 is 0 Å². The third-order valence-corrected chi connectivity index (χ3v) is 0.455. The quantitative estimate of drug-likeness (QED) is 0.417. The van der Waals surface area contributed by atoms with Gasteiger partial charge in [0.05, 0.1) is 7.85 Å². The molecule has 0 heterocycles. The van der Waals surface area contributed by atoms with Crippen LogP contribution in [0.4, 0.5) is 0 Å². The third-order valence-electron chi connectivity index (χ3n) is 0.455. The van der Waals surface area contributed by atoms with E-state index in [1.807, 2.05) is 14.0 Å². The monoisotopic (exact) mass is 69.1 g/mol. The van der Waals surface area contributed by atoms with Crippen LogP contribution >= 0.6 is 0 Å². The summed E-state index contributed by atoms with van der Waals surface area (Å²) in [6, 6.07) is 0. The number of nitrogens with one attached hydrogen (secondary N) is 1. The van der Waals surface area contributed by atoms with Gasteiger partial charge in [-0.15, -0.1) is 0 Å². The van der Waals surface area contributed by atoms with Crippen molar-refractivity contribution in [2.24, 2.45) is 0 Å². The molecule has 0 saturated carbocycles. The Kier molecular flexibility index (Phi) is 2.28. The molecule has 28 valence electrons. The molecule has 0 bridgehead atoms. The molecule has 2 heteroatoms. The molecule has 0 aliphatic carbocycles. The molecule has 0 spiro atoms. The minimum absolute atomic E-state index is 0.134. The zero-order chi connectivity index (χ0) is 4.28. The van der Waals surface area contributed by atoms with E-state index in [4.69, 9.17) is 7.85 Å². The smallest absolute Gasteiger partial charge is 0.0902 e. The van der Waals surface area contributed by atoms with Gasteiger partial charge in [0.15, 0.2) is 0 Å². The molecule has 0 rings (SSSR count). The van der Waals surface area contributed by atoms with Gasteiger partial charge in [-0.3, -0.25) is 0 Å². The van der Waals surface area contributed by atoms with Crippen LogP contribution in [0.2, 0.25) is 0 Å². The van der Waals surface area contributed by atoms with Crippen molar-refractivity contribution in [1.29, 1.82) is 0 Å². The van der Waals surface area contributed by atoms with Gasteiger partial charge in [-0.25, -0.2) is 0 Å². The molecule has 5 heavy (non-hydrogen) atoms. The minimum Gasteiger partial charge on any atom is -0.326 e. The molecular weight excluding hydrogens is 60.9 g/mol. The van der Waals surface area contributed by atoms with Gasteiger partial charge in [-0.2, -0.15) is 0 Å². The standard InChI is InChI=1S/C3H8BN/c1-3(4)5-2/h3,5H,1-2H3/t3-/m0/s1. The zero-order valence-electron chi connectivity index (χ0n) is 3.65. The van der Waals surface area contributed by atoms with Crippen LogP contribution in [0.1, 0.15) is 6.92 Å². The Morgan fingerprint density at radius 3 is 2.00 bits per heavy atom. The maximum Gasteiger partial charge on any atom is 0.0902 e. The Morgan fingerprint density at radius 2 is 2.00 bits per heavy atom. The normalized spacial score (nSPS) is 14.8. The third kappa shape index (κ3) is 4.02. The van der Waals surface area contributed by atoms with Gasteiger partial charge in [0.2, 0.25) is 0 Å². The molecule has 0 saturated heterocycles. The highest BCUT2D eigenvalue weighted by atomic mass is 14.8. The summed E-state index contributed by atoms with van der Waals surface area (Å²) in [5.41, 5.74) is 0. The Bertz CT molecular complexity index is 20.9. The van der Waals surface area contributed by atoms with E-state index >= 15 is 0 Å². The first-order chi connectivity index (χ1) is 2.27. The average Bonchev–Trinajstić information content (AvgIpc) is 1.38. The minimum atomic E-state index is 0.134. The second-order valence-electron chi connectivity index (χ2n) is 1.08. The topological polar surface area (TPSA) is 12.0 Å². The first-order valence-electron chi connectivity index (χ1n) is 1.70. The van der Waals surface area contributed by atoms with Gasteiger partial charge >= 0.3 is 0 Å². The van der Waals surface area contributed by atoms with Gasteiger partial charge in [-0.05, 0) is 13.0 Å². The number of hydrogen-bond donors (Lipinski definition) is 1. The molecule has 0 aromatic rings. The number of hydrogen-bond acceptors (Lipinski definition) is 1. The molecule has 2 radical (unpaired) electrons. The molecule has 0 unspecified atom stereocenters. The Morgan fingerprint density at radius 1 is 1.80 bits per heavy atom. The van der Waals surface area contributed by atoms with Crippen LogP contribution in [0.3, 0.4) is 0 Å². The van der Waals surface area contributed by atoms with E-state index in [0.29, 0.717) is 0 Å². The van der Waals surface area contributed by atoms with Crippen LogP contribution < -0.4 is 5.32 Å². The van der Waals surface area contributed by atoms with Crippen molar-refractivity contribution in [3.05, 3.63) is 0 Å². The molecule has 1 nitrogen and oxygen atoms in total. The summed E-state index contributed by atoms with van der Waals surface area (Å²) >= 11 is 0. The van der Waals surface area contributed by atoms with Crippen molar-refractivity contribution in [3.8, 4) is 0 Å². The lowest BCUT2D eigenvalue weighted by atomic mass is 10.00. The molecular formula is C3H8BN. The summed E-state index contributed by atoms with van der Waals surface area (Å²) in [6.45, 7) is 1.89.